The van der Waals surface area contributed by atoms with E-state index < -0.39 is 0 Å². The number of benzene rings is 2. The summed E-state index contributed by atoms with van der Waals surface area (Å²) in [6.45, 7) is 1.18. The highest BCUT2D eigenvalue weighted by Crippen LogP contribution is 2.27. The summed E-state index contributed by atoms with van der Waals surface area (Å²) in [5.41, 5.74) is 3.25. The Morgan fingerprint density at radius 1 is 1.00 bits per heavy atom. The monoisotopic (exact) mass is 360 g/mol. The molecule has 0 aliphatic rings. The largest absolute Gasteiger partial charge is 0.494 e. The van der Waals surface area contributed by atoms with Crippen molar-refractivity contribution in [3.63, 3.8) is 0 Å². The standard InChI is InChI=1S/C22H20N2O3/c1-24(13-16-14-27-19-8-4-3-6-18(19)22(16)25)12-15-9-10-20(26-2)21-17(15)7-5-11-23-21/h3-11,14H,12-13H2,1-2H3. The fraction of sp³-hybridized carbons (Fsp3) is 0.182. The highest BCUT2D eigenvalue weighted by atomic mass is 16.5. The fourth-order valence-electron chi connectivity index (χ4n) is 3.37. The predicted molar refractivity (Wildman–Crippen MR) is 106 cm³/mol. The van der Waals surface area contributed by atoms with Crippen molar-refractivity contribution < 1.29 is 9.15 Å². The number of methoxy groups -OCH3 is 1. The second kappa shape index (κ2) is 7.21. The molecule has 27 heavy (non-hydrogen) atoms. The van der Waals surface area contributed by atoms with E-state index in [4.69, 9.17) is 9.15 Å². The van der Waals surface area contributed by atoms with Crippen molar-refractivity contribution in [2.75, 3.05) is 14.2 Å². The Kier molecular flexibility index (Phi) is 4.60. The summed E-state index contributed by atoms with van der Waals surface area (Å²) < 4.78 is 11.0. The molecule has 0 bridgehead atoms. The number of aromatic nitrogens is 1. The van der Waals surface area contributed by atoms with Gasteiger partial charge in [-0.2, -0.15) is 0 Å². The average Bonchev–Trinajstić information content (AvgIpc) is 2.70. The van der Waals surface area contributed by atoms with Crippen LogP contribution in [0.25, 0.3) is 21.9 Å². The first-order valence-electron chi connectivity index (χ1n) is 8.76. The highest BCUT2D eigenvalue weighted by Gasteiger charge is 2.12. The van der Waals surface area contributed by atoms with Gasteiger partial charge in [0.15, 0.2) is 5.43 Å². The summed E-state index contributed by atoms with van der Waals surface area (Å²) in [7, 11) is 3.63. The lowest BCUT2D eigenvalue weighted by Crippen LogP contribution is -2.22. The smallest absolute Gasteiger partial charge is 0.197 e. The second-order valence-corrected chi connectivity index (χ2v) is 6.59. The Morgan fingerprint density at radius 2 is 1.78 bits per heavy atom. The zero-order chi connectivity index (χ0) is 18.8. The Labute approximate surface area is 156 Å². The van der Waals surface area contributed by atoms with Crippen LogP contribution in [0.1, 0.15) is 11.1 Å². The first-order chi connectivity index (χ1) is 13.2. The number of fused-ring (bicyclic) bond motifs is 2. The van der Waals surface area contributed by atoms with Crippen LogP contribution in [0.5, 0.6) is 5.75 Å². The summed E-state index contributed by atoms with van der Waals surface area (Å²) in [5, 5.41) is 1.66. The third kappa shape index (κ3) is 3.29. The molecule has 5 nitrogen and oxygen atoms in total. The van der Waals surface area contributed by atoms with E-state index in [0.717, 1.165) is 22.2 Å². The third-order valence-corrected chi connectivity index (χ3v) is 4.67. The summed E-state index contributed by atoms with van der Waals surface area (Å²) in [5.74, 6) is 0.757. The normalized spacial score (nSPS) is 11.4. The summed E-state index contributed by atoms with van der Waals surface area (Å²) in [6, 6.07) is 15.3. The van der Waals surface area contributed by atoms with E-state index in [2.05, 4.69) is 9.88 Å². The molecule has 0 aliphatic carbocycles. The van der Waals surface area contributed by atoms with Gasteiger partial charge >= 0.3 is 0 Å². The maximum absolute atomic E-state index is 12.7. The Balaban J connectivity index is 1.62. The van der Waals surface area contributed by atoms with Gasteiger partial charge in [-0.1, -0.05) is 24.3 Å². The number of rotatable bonds is 5. The van der Waals surface area contributed by atoms with Crippen LogP contribution in [-0.4, -0.2) is 24.0 Å². The van der Waals surface area contributed by atoms with Gasteiger partial charge in [-0.05, 0) is 36.9 Å². The molecular formula is C22H20N2O3. The molecule has 4 rings (SSSR count). The molecule has 136 valence electrons. The van der Waals surface area contributed by atoms with E-state index in [0.29, 0.717) is 29.6 Å². The lowest BCUT2D eigenvalue weighted by molar-refractivity contribution is 0.316. The van der Waals surface area contributed by atoms with Crippen LogP contribution in [-0.2, 0) is 13.1 Å². The number of ether oxygens (including phenoxy) is 1. The molecule has 0 saturated heterocycles. The molecule has 2 aromatic heterocycles. The van der Waals surface area contributed by atoms with E-state index in [9.17, 15) is 4.79 Å². The van der Waals surface area contributed by atoms with Gasteiger partial charge in [-0.15, -0.1) is 0 Å². The van der Waals surface area contributed by atoms with Crippen LogP contribution in [0.15, 0.2) is 70.2 Å². The molecule has 0 spiro atoms. The molecule has 0 atom stereocenters. The maximum Gasteiger partial charge on any atom is 0.197 e. The number of hydrogen-bond donors (Lipinski definition) is 0. The fourth-order valence-corrected chi connectivity index (χ4v) is 3.37. The lowest BCUT2D eigenvalue weighted by Gasteiger charge is -2.18. The number of para-hydroxylation sites is 1. The topological polar surface area (TPSA) is 55.6 Å². The average molecular weight is 360 g/mol. The minimum Gasteiger partial charge on any atom is -0.494 e. The Bertz CT molecular complexity index is 1170. The third-order valence-electron chi connectivity index (χ3n) is 4.67. The minimum absolute atomic E-state index is 0.0185. The summed E-state index contributed by atoms with van der Waals surface area (Å²) in [6.07, 6.45) is 3.33. The van der Waals surface area contributed by atoms with Crippen LogP contribution < -0.4 is 10.2 Å². The molecule has 0 fully saturated rings. The van der Waals surface area contributed by atoms with Crippen molar-refractivity contribution in [3.8, 4) is 5.75 Å². The zero-order valence-corrected chi connectivity index (χ0v) is 15.3. The first-order valence-corrected chi connectivity index (χ1v) is 8.76. The maximum atomic E-state index is 12.7. The molecular weight excluding hydrogens is 340 g/mol. The van der Waals surface area contributed by atoms with Crippen molar-refractivity contribution in [2.45, 2.75) is 13.1 Å². The van der Waals surface area contributed by atoms with Gasteiger partial charge in [0.25, 0.3) is 0 Å². The van der Waals surface area contributed by atoms with Gasteiger partial charge in [0.2, 0.25) is 0 Å². The number of pyridine rings is 1. The molecule has 0 saturated carbocycles. The molecule has 0 N–H and O–H groups in total. The van der Waals surface area contributed by atoms with E-state index >= 15 is 0 Å². The minimum atomic E-state index is 0.0185. The summed E-state index contributed by atoms with van der Waals surface area (Å²) >= 11 is 0. The predicted octanol–water partition coefficient (Wildman–Crippen LogP) is 3.98. The van der Waals surface area contributed by atoms with Crippen LogP contribution in [0.3, 0.4) is 0 Å². The Morgan fingerprint density at radius 3 is 2.63 bits per heavy atom. The molecule has 0 aliphatic heterocycles. The van der Waals surface area contributed by atoms with Gasteiger partial charge < -0.3 is 9.15 Å². The van der Waals surface area contributed by atoms with Crippen molar-refractivity contribution in [1.29, 1.82) is 0 Å². The zero-order valence-electron chi connectivity index (χ0n) is 15.3. The number of nitrogens with zero attached hydrogens (tertiary/aromatic N) is 2. The van der Waals surface area contributed by atoms with Crippen molar-refractivity contribution in [1.82, 2.24) is 9.88 Å². The van der Waals surface area contributed by atoms with Gasteiger partial charge in [0.05, 0.1) is 18.8 Å². The van der Waals surface area contributed by atoms with Crippen molar-refractivity contribution in [3.05, 3.63) is 82.3 Å². The van der Waals surface area contributed by atoms with E-state index in [1.165, 1.54) is 0 Å². The van der Waals surface area contributed by atoms with E-state index in [-0.39, 0.29) is 5.43 Å². The molecule has 4 aromatic rings. The van der Waals surface area contributed by atoms with Crippen molar-refractivity contribution >= 4 is 21.9 Å². The van der Waals surface area contributed by atoms with Crippen LogP contribution in [0.4, 0.5) is 0 Å². The van der Waals surface area contributed by atoms with Crippen LogP contribution in [0.2, 0.25) is 0 Å². The molecule has 2 heterocycles. The molecule has 0 amide bonds. The lowest BCUT2D eigenvalue weighted by atomic mass is 10.1. The van der Waals surface area contributed by atoms with Crippen LogP contribution in [0, 0.1) is 0 Å². The van der Waals surface area contributed by atoms with Gasteiger partial charge in [-0.25, -0.2) is 0 Å². The SMILES string of the molecule is COc1ccc(CN(C)Cc2coc3ccccc3c2=O)c2cccnc12. The molecule has 2 aromatic carbocycles. The second-order valence-electron chi connectivity index (χ2n) is 6.59. The number of hydrogen-bond acceptors (Lipinski definition) is 5. The van der Waals surface area contributed by atoms with Gasteiger partial charge in [-0.3, -0.25) is 14.7 Å². The van der Waals surface area contributed by atoms with E-state index in [1.807, 2.05) is 43.4 Å². The Hall–Kier alpha value is -3.18. The summed E-state index contributed by atoms with van der Waals surface area (Å²) in [4.78, 5) is 19.2. The van der Waals surface area contributed by atoms with E-state index in [1.54, 1.807) is 31.7 Å². The van der Waals surface area contributed by atoms with Gasteiger partial charge in [0.1, 0.15) is 16.8 Å². The quantitative estimate of drug-likeness (QED) is 0.539. The highest BCUT2D eigenvalue weighted by molar-refractivity contribution is 5.87. The van der Waals surface area contributed by atoms with Crippen LogP contribution >= 0.6 is 0 Å². The van der Waals surface area contributed by atoms with Crippen molar-refractivity contribution in [2.24, 2.45) is 0 Å². The first kappa shape index (κ1) is 17.2. The molecule has 0 radical (unpaired) electrons. The molecule has 5 heteroatoms. The van der Waals surface area contributed by atoms with Gasteiger partial charge in [0, 0.05) is 30.2 Å². The molecule has 0 unspecified atom stereocenters.